The predicted molar refractivity (Wildman–Crippen MR) is 111 cm³/mol. The standard InChI is InChI=1S/C23H20N4O2/c1-16(28)18-8-10-19(11-9-18)22-14-20(29-2)12-13-21(22)23-24-25-26-27(23)15-17-6-4-3-5-7-17/h3-14H,15H2,1-2H3. The molecule has 0 saturated carbocycles. The molecule has 3 aromatic carbocycles. The van der Waals surface area contributed by atoms with Gasteiger partial charge >= 0.3 is 0 Å². The maximum Gasteiger partial charge on any atom is 0.182 e. The number of benzene rings is 3. The Morgan fingerprint density at radius 3 is 2.41 bits per heavy atom. The maximum atomic E-state index is 11.6. The SMILES string of the molecule is COc1ccc(-c2nnnn2Cc2ccccc2)c(-c2ccc(C(C)=O)cc2)c1. The normalized spacial score (nSPS) is 10.7. The van der Waals surface area contributed by atoms with Crippen LogP contribution in [0.4, 0.5) is 0 Å². The zero-order valence-corrected chi connectivity index (χ0v) is 16.2. The first-order chi connectivity index (χ1) is 14.2. The molecule has 0 unspecified atom stereocenters. The van der Waals surface area contributed by atoms with Gasteiger partial charge in [0, 0.05) is 11.1 Å². The Bertz CT molecular complexity index is 1140. The number of nitrogens with zero attached hydrogens (tertiary/aromatic N) is 4. The highest BCUT2D eigenvalue weighted by molar-refractivity contribution is 5.95. The fourth-order valence-corrected chi connectivity index (χ4v) is 3.23. The molecule has 6 heteroatoms. The highest BCUT2D eigenvalue weighted by atomic mass is 16.5. The summed E-state index contributed by atoms with van der Waals surface area (Å²) < 4.78 is 7.21. The van der Waals surface area contributed by atoms with Gasteiger partial charge in [-0.2, -0.15) is 0 Å². The molecule has 4 aromatic rings. The number of ether oxygens (including phenoxy) is 1. The van der Waals surface area contributed by atoms with E-state index in [1.807, 2.05) is 72.8 Å². The van der Waals surface area contributed by atoms with Gasteiger partial charge in [-0.3, -0.25) is 4.79 Å². The molecule has 0 amide bonds. The summed E-state index contributed by atoms with van der Waals surface area (Å²) in [5, 5.41) is 12.4. The molecule has 29 heavy (non-hydrogen) atoms. The van der Waals surface area contributed by atoms with E-state index in [1.54, 1.807) is 18.7 Å². The second-order valence-corrected chi connectivity index (χ2v) is 6.69. The van der Waals surface area contributed by atoms with Crippen molar-refractivity contribution in [2.45, 2.75) is 13.5 Å². The molecule has 0 saturated heterocycles. The van der Waals surface area contributed by atoms with Crippen LogP contribution < -0.4 is 4.74 Å². The quantitative estimate of drug-likeness (QED) is 0.465. The summed E-state index contributed by atoms with van der Waals surface area (Å²) in [6.45, 7) is 2.13. The van der Waals surface area contributed by atoms with Crippen molar-refractivity contribution in [3.05, 3.63) is 83.9 Å². The van der Waals surface area contributed by atoms with Crippen LogP contribution in [-0.2, 0) is 6.54 Å². The van der Waals surface area contributed by atoms with E-state index in [-0.39, 0.29) is 5.78 Å². The lowest BCUT2D eigenvalue weighted by molar-refractivity contribution is 0.101. The van der Waals surface area contributed by atoms with Crippen LogP contribution in [0.25, 0.3) is 22.5 Å². The van der Waals surface area contributed by atoms with Crippen LogP contribution in [-0.4, -0.2) is 33.1 Å². The lowest BCUT2D eigenvalue weighted by Gasteiger charge is -2.12. The van der Waals surface area contributed by atoms with Gasteiger partial charge in [-0.15, -0.1) is 5.10 Å². The average molecular weight is 384 g/mol. The molecule has 0 N–H and O–H groups in total. The zero-order valence-electron chi connectivity index (χ0n) is 16.2. The number of carbonyl (C=O) groups is 1. The largest absolute Gasteiger partial charge is 0.497 e. The zero-order chi connectivity index (χ0) is 20.2. The fraction of sp³-hybridized carbons (Fsp3) is 0.130. The first kappa shape index (κ1) is 18.6. The van der Waals surface area contributed by atoms with Gasteiger partial charge in [0.25, 0.3) is 0 Å². The van der Waals surface area contributed by atoms with E-state index >= 15 is 0 Å². The monoisotopic (exact) mass is 384 g/mol. The minimum Gasteiger partial charge on any atom is -0.497 e. The molecule has 0 aliphatic rings. The van der Waals surface area contributed by atoms with E-state index in [0.29, 0.717) is 17.9 Å². The van der Waals surface area contributed by atoms with Gasteiger partial charge in [0.1, 0.15) is 5.75 Å². The number of hydrogen-bond donors (Lipinski definition) is 0. The Balaban J connectivity index is 1.79. The number of Topliss-reactive ketones (excluding diaryl/α,β-unsaturated/α-hetero) is 1. The Hall–Kier alpha value is -3.80. The molecule has 1 aromatic heterocycles. The topological polar surface area (TPSA) is 69.9 Å². The van der Waals surface area contributed by atoms with E-state index in [9.17, 15) is 4.79 Å². The second-order valence-electron chi connectivity index (χ2n) is 6.69. The minimum absolute atomic E-state index is 0.0363. The van der Waals surface area contributed by atoms with E-state index in [2.05, 4.69) is 15.5 Å². The number of hydrogen-bond acceptors (Lipinski definition) is 5. The maximum absolute atomic E-state index is 11.6. The Labute approximate surface area is 168 Å². The number of carbonyl (C=O) groups excluding carboxylic acids is 1. The molecule has 0 spiro atoms. The van der Waals surface area contributed by atoms with E-state index < -0.39 is 0 Å². The van der Waals surface area contributed by atoms with Crippen molar-refractivity contribution in [2.24, 2.45) is 0 Å². The van der Waals surface area contributed by atoms with Gasteiger partial charge in [-0.25, -0.2) is 4.68 Å². The second kappa shape index (κ2) is 8.06. The molecular weight excluding hydrogens is 364 g/mol. The van der Waals surface area contributed by atoms with Gasteiger partial charge in [0.05, 0.1) is 13.7 Å². The van der Waals surface area contributed by atoms with Crippen molar-refractivity contribution >= 4 is 5.78 Å². The molecule has 0 bridgehead atoms. The Morgan fingerprint density at radius 2 is 1.72 bits per heavy atom. The molecule has 0 fully saturated rings. The van der Waals surface area contributed by atoms with Crippen LogP contribution >= 0.6 is 0 Å². The minimum atomic E-state index is 0.0363. The van der Waals surface area contributed by atoms with Crippen LogP contribution in [0.3, 0.4) is 0 Å². The van der Waals surface area contributed by atoms with Crippen LogP contribution in [0.5, 0.6) is 5.75 Å². The first-order valence-corrected chi connectivity index (χ1v) is 9.25. The molecule has 1 heterocycles. The lowest BCUT2D eigenvalue weighted by Crippen LogP contribution is -2.05. The van der Waals surface area contributed by atoms with Crippen molar-refractivity contribution in [3.63, 3.8) is 0 Å². The third-order valence-electron chi connectivity index (χ3n) is 4.78. The molecule has 0 radical (unpaired) electrons. The number of rotatable bonds is 6. The number of methoxy groups -OCH3 is 1. The van der Waals surface area contributed by atoms with Crippen LogP contribution in [0.1, 0.15) is 22.8 Å². The summed E-state index contributed by atoms with van der Waals surface area (Å²) >= 11 is 0. The van der Waals surface area contributed by atoms with Gasteiger partial charge in [0.2, 0.25) is 0 Å². The molecule has 4 rings (SSSR count). The summed E-state index contributed by atoms with van der Waals surface area (Å²) in [5.41, 5.74) is 4.57. The fourth-order valence-electron chi connectivity index (χ4n) is 3.23. The summed E-state index contributed by atoms with van der Waals surface area (Å²) in [7, 11) is 1.64. The molecule has 0 aliphatic heterocycles. The highest BCUT2D eigenvalue weighted by Crippen LogP contribution is 2.34. The van der Waals surface area contributed by atoms with E-state index in [0.717, 1.165) is 28.0 Å². The molecule has 6 nitrogen and oxygen atoms in total. The lowest BCUT2D eigenvalue weighted by atomic mass is 9.97. The highest BCUT2D eigenvalue weighted by Gasteiger charge is 2.16. The number of ketones is 1. The van der Waals surface area contributed by atoms with Crippen LogP contribution in [0.2, 0.25) is 0 Å². The first-order valence-electron chi connectivity index (χ1n) is 9.25. The van der Waals surface area contributed by atoms with Gasteiger partial charge < -0.3 is 4.74 Å². The van der Waals surface area contributed by atoms with Crippen molar-refractivity contribution in [1.29, 1.82) is 0 Å². The van der Waals surface area contributed by atoms with Crippen molar-refractivity contribution < 1.29 is 9.53 Å². The molecule has 0 atom stereocenters. The van der Waals surface area contributed by atoms with Crippen LogP contribution in [0, 0.1) is 0 Å². The summed E-state index contributed by atoms with van der Waals surface area (Å²) in [6, 6.07) is 23.4. The predicted octanol–water partition coefficient (Wildman–Crippen LogP) is 4.27. The summed E-state index contributed by atoms with van der Waals surface area (Å²) in [4.78, 5) is 11.6. The summed E-state index contributed by atoms with van der Waals surface area (Å²) in [6.07, 6.45) is 0. The summed E-state index contributed by atoms with van der Waals surface area (Å²) in [5.74, 6) is 1.44. The van der Waals surface area contributed by atoms with E-state index in [4.69, 9.17) is 4.74 Å². The number of tetrazole rings is 1. The van der Waals surface area contributed by atoms with Crippen molar-refractivity contribution in [3.8, 4) is 28.3 Å². The third-order valence-corrected chi connectivity index (χ3v) is 4.78. The van der Waals surface area contributed by atoms with Gasteiger partial charge in [-0.05, 0) is 52.2 Å². The van der Waals surface area contributed by atoms with Crippen molar-refractivity contribution in [2.75, 3.05) is 7.11 Å². The number of aromatic nitrogens is 4. The van der Waals surface area contributed by atoms with Gasteiger partial charge in [0.15, 0.2) is 11.6 Å². The third kappa shape index (κ3) is 3.91. The van der Waals surface area contributed by atoms with E-state index in [1.165, 1.54) is 0 Å². The molecule has 0 aliphatic carbocycles. The smallest absolute Gasteiger partial charge is 0.182 e. The Kier molecular flexibility index (Phi) is 5.16. The molecular formula is C23H20N4O2. The average Bonchev–Trinajstić information content (AvgIpc) is 3.22. The Morgan fingerprint density at radius 1 is 0.966 bits per heavy atom. The van der Waals surface area contributed by atoms with Gasteiger partial charge in [-0.1, -0.05) is 54.6 Å². The van der Waals surface area contributed by atoms with Crippen molar-refractivity contribution in [1.82, 2.24) is 20.2 Å². The van der Waals surface area contributed by atoms with Crippen LogP contribution in [0.15, 0.2) is 72.8 Å². The molecule has 144 valence electrons.